The highest BCUT2D eigenvalue weighted by atomic mass is 16.5. The number of carbonyl (C=O) groups is 1. The summed E-state index contributed by atoms with van der Waals surface area (Å²) in [5.74, 6) is 1.62. The van der Waals surface area contributed by atoms with Gasteiger partial charge in [-0.1, -0.05) is 42.5 Å². The van der Waals surface area contributed by atoms with Gasteiger partial charge in [0.25, 0.3) is 0 Å². The normalized spacial score (nSPS) is 16.9. The maximum atomic E-state index is 12.3. The van der Waals surface area contributed by atoms with E-state index in [1.165, 1.54) is 0 Å². The van der Waals surface area contributed by atoms with Crippen LogP contribution in [0.4, 0.5) is 5.69 Å². The van der Waals surface area contributed by atoms with Crippen LogP contribution >= 0.6 is 0 Å². The SMILES string of the molecule is CN(Cc1ccccc1)C(=O)CCCCOc1cccc2c1NC1=NC(O)CN1C2. The smallest absolute Gasteiger partial charge is 0.222 e. The highest BCUT2D eigenvalue weighted by Crippen LogP contribution is 2.34. The van der Waals surface area contributed by atoms with Crippen molar-refractivity contribution >= 4 is 17.6 Å². The minimum Gasteiger partial charge on any atom is -0.491 e. The predicted octanol–water partition coefficient (Wildman–Crippen LogP) is 2.81. The van der Waals surface area contributed by atoms with Crippen molar-refractivity contribution in [3.63, 3.8) is 0 Å². The van der Waals surface area contributed by atoms with Crippen molar-refractivity contribution in [3.05, 3.63) is 59.7 Å². The standard InChI is InChI=1S/C23H28N4O3/c1-26(14-17-8-3-2-4-9-17)21(29)12-5-6-13-30-19-11-7-10-18-15-27-16-20(28)24-23(27)25-22(18)19/h2-4,7-11,20,28H,5-6,12-16H2,1H3,(H,24,25). The molecule has 0 saturated heterocycles. The summed E-state index contributed by atoms with van der Waals surface area (Å²) < 4.78 is 5.99. The highest BCUT2D eigenvalue weighted by Gasteiger charge is 2.29. The van der Waals surface area contributed by atoms with Gasteiger partial charge in [-0.15, -0.1) is 0 Å². The molecule has 1 atom stereocenters. The Hall–Kier alpha value is -3.06. The molecule has 0 radical (unpaired) electrons. The number of para-hydroxylation sites is 1. The van der Waals surface area contributed by atoms with Crippen molar-refractivity contribution in [1.29, 1.82) is 0 Å². The molecule has 0 saturated carbocycles. The monoisotopic (exact) mass is 408 g/mol. The van der Waals surface area contributed by atoms with Gasteiger partial charge < -0.3 is 25.0 Å². The molecular weight excluding hydrogens is 380 g/mol. The molecule has 30 heavy (non-hydrogen) atoms. The van der Waals surface area contributed by atoms with Gasteiger partial charge in [-0.3, -0.25) is 4.79 Å². The predicted molar refractivity (Wildman–Crippen MR) is 116 cm³/mol. The number of carbonyl (C=O) groups excluding carboxylic acids is 1. The molecule has 0 fully saturated rings. The van der Waals surface area contributed by atoms with Crippen molar-refractivity contribution in [3.8, 4) is 5.75 Å². The van der Waals surface area contributed by atoms with E-state index >= 15 is 0 Å². The summed E-state index contributed by atoms with van der Waals surface area (Å²) in [4.78, 5) is 20.4. The summed E-state index contributed by atoms with van der Waals surface area (Å²) in [6.45, 7) is 2.40. The largest absolute Gasteiger partial charge is 0.491 e. The first-order valence-corrected chi connectivity index (χ1v) is 10.4. The van der Waals surface area contributed by atoms with Crippen LogP contribution in [0.3, 0.4) is 0 Å². The number of hydrogen-bond donors (Lipinski definition) is 2. The Labute approximate surface area is 177 Å². The van der Waals surface area contributed by atoms with E-state index in [-0.39, 0.29) is 5.91 Å². The second-order valence-electron chi connectivity index (χ2n) is 7.77. The summed E-state index contributed by atoms with van der Waals surface area (Å²) in [7, 11) is 1.85. The van der Waals surface area contributed by atoms with Crippen molar-refractivity contribution < 1.29 is 14.6 Å². The van der Waals surface area contributed by atoms with Crippen LogP contribution in [0.5, 0.6) is 5.75 Å². The first kappa shape index (κ1) is 20.2. The number of fused-ring (bicyclic) bond motifs is 2. The van der Waals surface area contributed by atoms with Gasteiger partial charge in [-0.05, 0) is 30.0 Å². The Kier molecular flexibility index (Phi) is 6.18. The maximum Gasteiger partial charge on any atom is 0.222 e. The summed E-state index contributed by atoms with van der Waals surface area (Å²) in [5.41, 5.74) is 3.18. The topological polar surface area (TPSA) is 77.4 Å². The van der Waals surface area contributed by atoms with Crippen LogP contribution in [-0.4, -0.2) is 53.2 Å². The third kappa shape index (κ3) is 4.74. The van der Waals surface area contributed by atoms with E-state index in [0.29, 0.717) is 38.6 Å². The molecule has 2 heterocycles. The third-order valence-electron chi connectivity index (χ3n) is 5.40. The number of aliphatic hydroxyl groups is 1. The second kappa shape index (κ2) is 9.17. The zero-order valence-corrected chi connectivity index (χ0v) is 17.3. The van der Waals surface area contributed by atoms with Crippen LogP contribution in [0.15, 0.2) is 53.5 Å². The number of nitrogens with one attached hydrogen (secondary N) is 1. The fourth-order valence-electron chi connectivity index (χ4n) is 3.78. The van der Waals surface area contributed by atoms with E-state index in [0.717, 1.165) is 35.4 Å². The number of hydrogen-bond acceptors (Lipinski definition) is 6. The van der Waals surface area contributed by atoms with E-state index in [1.54, 1.807) is 4.90 Å². The van der Waals surface area contributed by atoms with E-state index in [4.69, 9.17) is 4.74 Å². The van der Waals surface area contributed by atoms with Crippen molar-refractivity contribution in [2.24, 2.45) is 4.99 Å². The van der Waals surface area contributed by atoms with E-state index in [9.17, 15) is 9.90 Å². The van der Waals surface area contributed by atoms with E-state index < -0.39 is 6.23 Å². The van der Waals surface area contributed by atoms with Crippen molar-refractivity contribution in [2.75, 3.05) is 25.5 Å². The molecule has 2 aromatic rings. The molecule has 0 spiro atoms. The lowest BCUT2D eigenvalue weighted by atomic mass is 10.1. The molecule has 2 aliphatic rings. The number of aliphatic imine (C=N–C) groups is 1. The third-order valence-corrected chi connectivity index (χ3v) is 5.40. The number of rotatable bonds is 8. The molecule has 2 N–H and O–H groups in total. The Balaban J connectivity index is 1.22. The Morgan fingerprint density at radius 3 is 2.90 bits per heavy atom. The minimum atomic E-state index is -0.677. The summed E-state index contributed by atoms with van der Waals surface area (Å²) in [6, 6.07) is 16.0. The van der Waals surface area contributed by atoms with Crippen molar-refractivity contribution in [1.82, 2.24) is 9.80 Å². The van der Waals surface area contributed by atoms with Gasteiger partial charge in [-0.2, -0.15) is 0 Å². The average Bonchev–Trinajstić information content (AvgIpc) is 3.11. The molecule has 0 bridgehead atoms. The number of nitrogens with zero attached hydrogens (tertiary/aromatic N) is 3. The second-order valence-corrected chi connectivity index (χ2v) is 7.77. The van der Waals surface area contributed by atoms with Crippen LogP contribution in [0.1, 0.15) is 30.4 Å². The van der Waals surface area contributed by atoms with Crippen molar-refractivity contribution in [2.45, 2.75) is 38.6 Å². The van der Waals surface area contributed by atoms with Crippen LogP contribution in [0, 0.1) is 0 Å². The fourth-order valence-corrected chi connectivity index (χ4v) is 3.78. The molecule has 0 aliphatic carbocycles. The quantitative estimate of drug-likeness (QED) is 0.657. The summed E-state index contributed by atoms with van der Waals surface area (Å²) in [6.07, 6.45) is 1.43. The summed E-state index contributed by atoms with van der Waals surface area (Å²) in [5, 5.41) is 13.0. The van der Waals surface area contributed by atoms with Gasteiger partial charge in [0, 0.05) is 26.6 Å². The molecule has 0 aromatic heterocycles. The van der Waals surface area contributed by atoms with Gasteiger partial charge in [-0.25, -0.2) is 4.99 Å². The number of benzene rings is 2. The molecule has 1 unspecified atom stereocenters. The van der Waals surface area contributed by atoms with Gasteiger partial charge in [0.1, 0.15) is 5.75 Å². The van der Waals surface area contributed by atoms with Gasteiger partial charge in [0.15, 0.2) is 6.23 Å². The zero-order valence-electron chi connectivity index (χ0n) is 17.3. The van der Waals surface area contributed by atoms with Crippen LogP contribution < -0.4 is 10.1 Å². The molecular formula is C23H28N4O3. The average molecular weight is 409 g/mol. The number of guanidine groups is 1. The lowest BCUT2D eigenvalue weighted by Gasteiger charge is -2.29. The molecule has 158 valence electrons. The Morgan fingerprint density at radius 2 is 2.07 bits per heavy atom. The molecule has 7 nitrogen and oxygen atoms in total. The lowest BCUT2D eigenvalue weighted by Crippen LogP contribution is -2.37. The van der Waals surface area contributed by atoms with E-state index in [2.05, 4.69) is 16.4 Å². The zero-order chi connectivity index (χ0) is 20.9. The van der Waals surface area contributed by atoms with Gasteiger partial charge in [0.05, 0.1) is 18.8 Å². The van der Waals surface area contributed by atoms with Gasteiger partial charge >= 0.3 is 0 Å². The highest BCUT2D eigenvalue weighted by molar-refractivity contribution is 5.98. The van der Waals surface area contributed by atoms with Crippen LogP contribution in [0.25, 0.3) is 0 Å². The maximum absolute atomic E-state index is 12.3. The Morgan fingerprint density at radius 1 is 1.23 bits per heavy atom. The molecule has 1 amide bonds. The lowest BCUT2D eigenvalue weighted by molar-refractivity contribution is -0.130. The molecule has 2 aromatic carbocycles. The number of anilines is 1. The summed E-state index contributed by atoms with van der Waals surface area (Å²) >= 11 is 0. The van der Waals surface area contributed by atoms with Crippen LogP contribution in [0.2, 0.25) is 0 Å². The first-order valence-electron chi connectivity index (χ1n) is 10.4. The number of amides is 1. The molecule has 2 aliphatic heterocycles. The molecule has 4 rings (SSSR count). The fraction of sp³-hybridized carbons (Fsp3) is 0.391. The number of aliphatic hydroxyl groups excluding tert-OH is 1. The van der Waals surface area contributed by atoms with Crippen LogP contribution in [-0.2, 0) is 17.9 Å². The number of ether oxygens (including phenoxy) is 1. The first-order chi connectivity index (χ1) is 14.6. The Bertz CT molecular complexity index is 916. The minimum absolute atomic E-state index is 0.149. The van der Waals surface area contributed by atoms with E-state index in [1.807, 2.05) is 54.4 Å². The molecule has 7 heteroatoms. The number of unbranched alkanes of at least 4 members (excludes halogenated alkanes) is 1. The van der Waals surface area contributed by atoms with Gasteiger partial charge in [0.2, 0.25) is 11.9 Å².